The fourth-order valence-electron chi connectivity index (χ4n) is 2.88. The van der Waals surface area contributed by atoms with Crippen LogP contribution in [0.15, 0.2) is 0 Å². The minimum absolute atomic E-state index is 0.0450. The fraction of sp³-hybridized carbons (Fsp3) is 0.857. The highest BCUT2D eigenvalue weighted by Crippen LogP contribution is 2.43. The summed E-state index contributed by atoms with van der Waals surface area (Å²) in [7, 11) is 0. The van der Waals surface area contributed by atoms with Crippen LogP contribution in [-0.2, 0) is 9.59 Å². The SMILES string of the molecule is CC1(C)CC(C(=O)NCCCNC(=O)CBr)C(C)(C)N1O. The van der Waals surface area contributed by atoms with Crippen LogP contribution in [0.25, 0.3) is 0 Å². The molecule has 1 fully saturated rings. The Balaban J connectivity index is 2.41. The number of alkyl halides is 1. The van der Waals surface area contributed by atoms with Crippen molar-refractivity contribution in [3.8, 4) is 0 Å². The maximum absolute atomic E-state index is 12.3. The van der Waals surface area contributed by atoms with Crippen LogP contribution in [0.4, 0.5) is 0 Å². The zero-order valence-electron chi connectivity index (χ0n) is 13.2. The Labute approximate surface area is 134 Å². The Morgan fingerprint density at radius 2 is 1.81 bits per heavy atom. The van der Waals surface area contributed by atoms with Crippen molar-refractivity contribution in [2.45, 2.75) is 51.6 Å². The molecular formula is C14H26BrN3O3. The van der Waals surface area contributed by atoms with Crippen LogP contribution in [0.2, 0.25) is 0 Å². The molecule has 2 amide bonds. The summed E-state index contributed by atoms with van der Waals surface area (Å²) in [6, 6.07) is 0. The van der Waals surface area contributed by atoms with E-state index in [1.54, 1.807) is 0 Å². The molecule has 0 aromatic rings. The second-order valence-corrected chi connectivity index (χ2v) is 7.22. The van der Waals surface area contributed by atoms with E-state index in [0.717, 1.165) is 0 Å². The molecule has 0 radical (unpaired) electrons. The second-order valence-electron chi connectivity index (χ2n) is 6.66. The van der Waals surface area contributed by atoms with Crippen molar-refractivity contribution in [2.75, 3.05) is 18.4 Å². The van der Waals surface area contributed by atoms with Gasteiger partial charge in [0.15, 0.2) is 0 Å². The lowest BCUT2D eigenvalue weighted by Gasteiger charge is -2.35. The van der Waals surface area contributed by atoms with Gasteiger partial charge >= 0.3 is 0 Å². The molecule has 0 spiro atoms. The van der Waals surface area contributed by atoms with E-state index in [1.165, 1.54) is 5.06 Å². The first-order valence-corrected chi connectivity index (χ1v) is 8.34. The van der Waals surface area contributed by atoms with Crippen LogP contribution in [0.1, 0.15) is 40.5 Å². The molecule has 21 heavy (non-hydrogen) atoms. The van der Waals surface area contributed by atoms with Gasteiger partial charge in [0.05, 0.1) is 16.8 Å². The lowest BCUT2D eigenvalue weighted by molar-refractivity contribution is -0.197. The van der Waals surface area contributed by atoms with Crippen LogP contribution in [0, 0.1) is 5.92 Å². The van der Waals surface area contributed by atoms with E-state index in [1.807, 2.05) is 27.7 Å². The zero-order chi connectivity index (χ0) is 16.3. The molecule has 1 saturated heterocycles. The summed E-state index contributed by atoms with van der Waals surface area (Å²) in [5.74, 6) is -0.359. The molecule has 1 rings (SSSR count). The summed E-state index contributed by atoms with van der Waals surface area (Å²) in [5, 5.41) is 17.4. The Kier molecular flexibility index (Phi) is 6.19. The molecule has 122 valence electrons. The Morgan fingerprint density at radius 1 is 1.24 bits per heavy atom. The van der Waals surface area contributed by atoms with Crippen molar-refractivity contribution in [1.29, 1.82) is 0 Å². The highest BCUT2D eigenvalue weighted by molar-refractivity contribution is 9.09. The molecule has 1 unspecified atom stereocenters. The number of hydrogen-bond donors (Lipinski definition) is 3. The van der Waals surface area contributed by atoms with Crippen molar-refractivity contribution in [2.24, 2.45) is 5.92 Å². The maximum atomic E-state index is 12.3. The van der Waals surface area contributed by atoms with Gasteiger partial charge in [-0.1, -0.05) is 15.9 Å². The first-order chi connectivity index (χ1) is 9.63. The largest absolute Gasteiger partial charge is 0.356 e. The molecule has 1 aliphatic rings. The molecule has 0 aromatic carbocycles. The molecule has 0 saturated carbocycles. The molecule has 1 atom stereocenters. The van der Waals surface area contributed by atoms with E-state index in [0.29, 0.717) is 25.9 Å². The summed E-state index contributed by atoms with van der Waals surface area (Å²) in [4.78, 5) is 23.3. The third-order valence-corrected chi connectivity index (χ3v) is 4.60. The third kappa shape index (κ3) is 4.40. The van der Waals surface area contributed by atoms with Crippen molar-refractivity contribution in [1.82, 2.24) is 15.7 Å². The number of halogens is 1. The van der Waals surface area contributed by atoms with Crippen molar-refractivity contribution < 1.29 is 14.8 Å². The van der Waals surface area contributed by atoms with E-state index in [4.69, 9.17) is 0 Å². The first-order valence-electron chi connectivity index (χ1n) is 7.22. The highest BCUT2D eigenvalue weighted by atomic mass is 79.9. The van der Waals surface area contributed by atoms with Gasteiger partial charge in [0.2, 0.25) is 11.8 Å². The fourth-order valence-corrected chi connectivity index (χ4v) is 3.07. The predicted octanol–water partition coefficient (Wildman–Crippen LogP) is 1.27. The van der Waals surface area contributed by atoms with Crippen LogP contribution in [-0.4, -0.2) is 51.6 Å². The average Bonchev–Trinajstić information content (AvgIpc) is 2.58. The average molecular weight is 364 g/mol. The summed E-state index contributed by atoms with van der Waals surface area (Å²) in [6.07, 6.45) is 1.30. The Hall–Kier alpha value is -0.660. The van der Waals surface area contributed by atoms with E-state index in [9.17, 15) is 14.8 Å². The standard InChI is InChI=1S/C14H26BrN3O3/c1-13(2)8-10(14(3,4)18(13)21)12(20)17-7-5-6-16-11(19)9-15/h10,21H,5-9H2,1-4H3,(H,16,19)(H,17,20). The summed E-state index contributed by atoms with van der Waals surface area (Å²) in [5.41, 5.74) is -0.993. The smallest absolute Gasteiger partial charge is 0.230 e. The van der Waals surface area contributed by atoms with E-state index in [2.05, 4.69) is 26.6 Å². The zero-order valence-corrected chi connectivity index (χ0v) is 14.8. The van der Waals surface area contributed by atoms with Gasteiger partial charge in [0.25, 0.3) is 0 Å². The van der Waals surface area contributed by atoms with Gasteiger partial charge in [-0.3, -0.25) is 9.59 Å². The number of nitrogens with one attached hydrogen (secondary N) is 2. The molecule has 7 heteroatoms. The van der Waals surface area contributed by atoms with Gasteiger partial charge in [-0.15, -0.1) is 0 Å². The van der Waals surface area contributed by atoms with Gasteiger partial charge in [-0.05, 0) is 40.5 Å². The molecule has 0 bridgehead atoms. The molecule has 6 nitrogen and oxygen atoms in total. The third-order valence-electron chi connectivity index (χ3n) is 4.09. The number of carbonyl (C=O) groups excluding carboxylic acids is 2. The van der Waals surface area contributed by atoms with Crippen LogP contribution in [0.3, 0.4) is 0 Å². The van der Waals surface area contributed by atoms with Crippen molar-refractivity contribution in [3.63, 3.8) is 0 Å². The van der Waals surface area contributed by atoms with Crippen LogP contribution in [0.5, 0.6) is 0 Å². The number of hydrogen-bond acceptors (Lipinski definition) is 4. The number of rotatable bonds is 6. The monoisotopic (exact) mass is 363 g/mol. The number of amides is 2. The van der Waals surface area contributed by atoms with Crippen LogP contribution < -0.4 is 10.6 Å². The van der Waals surface area contributed by atoms with E-state index in [-0.39, 0.29) is 23.1 Å². The normalized spacial score (nSPS) is 23.8. The predicted molar refractivity (Wildman–Crippen MR) is 84.3 cm³/mol. The van der Waals surface area contributed by atoms with E-state index >= 15 is 0 Å². The minimum Gasteiger partial charge on any atom is -0.356 e. The molecule has 0 aliphatic carbocycles. The van der Waals surface area contributed by atoms with E-state index < -0.39 is 11.1 Å². The summed E-state index contributed by atoms with van der Waals surface area (Å²) in [6.45, 7) is 8.66. The lowest BCUT2D eigenvalue weighted by Crippen LogP contribution is -2.50. The molecule has 3 N–H and O–H groups in total. The van der Waals surface area contributed by atoms with Crippen molar-refractivity contribution >= 4 is 27.7 Å². The maximum Gasteiger partial charge on any atom is 0.230 e. The second kappa shape index (κ2) is 7.07. The summed E-state index contributed by atoms with van der Waals surface area (Å²) >= 11 is 3.07. The Bertz CT molecular complexity index is 399. The quantitative estimate of drug-likeness (QED) is 0.490. The van der Waals surface area contributed by atoms with Gasteiger partial charge in [-0.2, -0.15) is 5.06 Å². The van der Waals surface area contributed by atoms with Gasteiger partial charge in [0.1, 0.15) is 0 Å². The van der Waals surface area contributed by atoms with Crippen LogP contribution >= 0.6 is 15.9 Å². The summed E-state index contributed by atoms with van der Waals surface area (Å²) < 4.78 is 0. The number of hydroxylamine groups is 2. The van der Waals surface area contributed by atoms with Gasteiger partial charge < -0.3 is 15.8 Å². The van der Waals surface area contributed by atoms with Gasteiger partial charge in [0, 0.05) is 18.6 Å². The number of carbonyl (C=O) groups is 2. The van der Waals surface area contributed by atoms with Gasteiger partial charge in [-0.25, -0.2) is 0 Å². The molecule has 1 heterocycles. The molecule has 0 aromatic heterocycles. The topological polar surface area (TPSA) is 81.7 Å². The highest BCUT2D eigenvalue weighted by Gasteiger charge is 2.54. The van der Waals surface area contributed by atoms with Crippen molar-refractivity contribution in [3.05, 3.63) is 0 Å². The molecular weight excluding hydrogens is 338 g/mol. The lowest BCUT2D eigenvalue weighted by atomic mass is 9.86. The first kappa shape index (κ1) is 18.4. The number of nitrogens with zero attached hydrogens (tertiary/aromatic N) is 1. The minimum atomic E-state index is -0.586. The molecule has 1 aliphatic heterocycles. The Morgan fingerprint density at radius 3 is 2.29 bits per heavy atom.